The molecule has 170 valence electrons. The van der Waals surface area contributed by atoms with Crippen molar-refractivity contribution >= 4 is 39.8 Å². The van der Waals surface area contributed by atoms with Crippen molar-refractivity contribution in [1.82, 2.24) is 10.2 Å². The smallest absolute Gasteiger partial charge is 0.193 e. The Morgan fingerprint density at radius 1 is 1.10 bits per heavy atom. The lowest BCUT2D eigenvalue weighted by atomic mass is 10.1. The number of halogens is 1. The van der Waals surface area contributed by atoms with Gasteiger partial charge in [-0.3, -0.25) is 4.99 Å². The molecule has 0 amide bonds. The molecular formula is C23H32IN3O3S. The molecule has 31 heavy (non-hydrogen) atoms. The summed E-state index contributed by atoms with van der Waals surface area (Å²) in [5.41, 5.74) is 0. The van der Waals surface area contributed by atoms with E-state index in [0.29, 0.717) is 11.3 Å². The van der Waals surface area contributed by atoms with E-state index in [1.54, 1.807) is 31.3 Å². The molecule has 0 aromatic heterocycles. The third-order valence-corrected chi connectivity index (χ3v) is 7.18. The van der Waals surface area contributed by atoms with Gasteiger partial charge < -0.3 is 15.0 Å². The molecular weight excluding hydrogens is 525 g/mol. The lowest BCUT2D eigenvalue weighted by Crippen LogP contribution is -2.51. The minimum absolute atomic E-state index is 0. The van der Waals surface area contributed by atoms with Gasteiger partial charge in [0.25, 0.3) is 0 Å². The zero-order chi connectivity index (χ0) is 21.4. The first-order valence-corrected chi connectivity index (χ1v) is 12.1. The van der Waals surface area contributed by atoms with Gasteiger partial charge in [0.15, 0.2) is 15.8 Å². The first-order valence-electron chi connectivity index (χ1n) is 10.5. The number of para-hydroxylation sites is 1. The van der Waals surface area contributed by atoms with E-state index in [9.17, 15) is 8.42 Å². The van der Waals surface area contributed by atoms with Gasteiger partial charge in [0.05, 0.1) is 10.6 Å². The van der Waals surface area contributed by atoms with E-state index in [1.165, 1.54) is 0 Å². The predicted molar refractivity (Wildman–Crippen MR) is 136 cm³/mol. The second-order valence-electron chi connectivity index (χ2n) is 7.51. The van der Waals surface area contributed by atoms with Gasteiger partial charge in [0.1, 0.15) is 11.9 Å². The molecule has 1 unspecified atom stereocenters. The number of sulfone groups is 1. The Labute approximate surface area is 203 Å². The molecule has 1 atom stereocenters. The molecule has 1 aliphatic heterocycles. The fraction of sp³-hybridized carbons (Fsp3) is 0.435. The molecule has 0 spiro atoms. The number of benzene rings is 2. The Morgan fingerprint density at radius 2 is 1.68 bits per heavy atom. The number of piperidine rings is 1. The molecule has 3 rings (SSSR count). The lowest BCUT2D eigenvalue weighted by Gasteiger charge is -2.35. The number of nitrogens with zero attached hydrogens (tertiary/aromatic N) is 2. The van der Waals surface area contributed by atoms with Crippen LogP contribution in [0.4, 0.5) is 0 Å². The van der Waals surface area contributed by atoms with Crippen molar-refractivity contribution in [2.24, 2.45) is 4.99 Å². The van der Waals surface area contributed by atoms with Crippen molar-refractivity contribution < 1.29 is 13.2 Å². The number of aliphatic imine (C=N–C) groups is 1. The van der Waals surface area contributed by atoms with Crippen LogP contribution >= 0.6 is 24.0 Å². The molecule has 1 heterocycles. The fourth-order valence-corrected chi connectivity index (χ4v) is 5.22. The summed E-state index contributed by atoms with van der Waals surface area (Å²) in [6, 6.07) is 18.3. The minimum atomic E-state index is -3.36. The summed E-state index contributed by atoms with van der Waals surface area (Å²) < 4.78 is 31.6. The molecule has 1 aliphatic rings. The molecule has 0 saturated carbocycles. The molecule has 0 aliphatic carbocycles. The summed E-state index contributed by atoms with van der Waals surface area (Å²) >= 11 is 0. The monoisotopic (exact) mass is 557 g/mol. The van der Waals surface area contributed by atoms with Gasteiger partial charge in [-0.15, -0.1) is 24.0 Å². The second-order valence-corrected chi connectivity index (χ2v) is 9.54. The summed E-state index contributed by atoms with van der Waals surface area (Å²) in [6.45, 7) is 3.63. The third-order valence-electron chi connectivity index (χ3n) is 5.35. The van der Waals surface area contributed by atoms with Crippen LogP contribution in [0.2, 0.25) is 0 Å². The zero-order valence-corrected chi connectivity index (χ0v) is 21.3. The average molecular weight is 557 g/mol. The number of nitrogens with one attached hydrogen (secondary N) is 1. The normalized spacial score (nSPS) is 16.3. The molecule has 2 aromatic carbocycles. The van der Waals surface area contributed by atoms with Gasteiger partial charge in [0.2, 0.25) is 0 Å². The van der Waals surface area contributed by atoms with Crippen LogP contribution in [-0.2, 0) is 9.84 Å². The van der Waals surface area contributed by atoms with E-state index in [0.717, 1.165) is 37.6 Å². The number of ether oxygens (including phenoxy) is 1. The van der Waals surface area contributed by atoms with Crippen molar-refractivity contribution in [2.75, 3.05) is 25.9 Å². The fourth-order valence-electron chi connectivity index (χ4n) is 3.61. The first-order chi connectivity index (χ1) is 14.5. The Bertz CT molecular complexity index is 916. The van der Waals surface area contributed by atoms with Gasteiger partial charge in [0, 0.05) is 39.0 Å². The Hall–Kier alpha value is -1.81. The van der Waals surface area contributed by atoms with Crippen LogP contribution in [0, 0.1) is 0 Å². The van der Waals surface area contributed by atoms with Crippen molar-refractivity contribution in [3.05, 3.63) is 60.7 Å². The van der Waals surface area contributed by atoms with Gasteiger partial charge >= 0.3 is 0 Å². The van der Waals surface area contributed by atoms with Crippen LogP contribution < -0.4 is 10.1 Å². The Morgan fingerprint density at radius 3 is 2.23 bits per heavy atom. The van der Waals surface area contributed by atoms with Crippen molar-refractivity contribution in [3.8, 4) is 5.75 Å². The van der Waals surface area contributed by atoms with Crippen LogP contribution in [0.3, 0.4) is 0 Å². The van der Waals surface area contributed by atoms with E-state index in [1.807, 2.05) is 43.3 Å². The van der Waals surface area contributed by atoms with Crippen molar-refractivity contribution in [1.29, 1.82) is 0 Å². The number of hydrogen-bond donors (Lipinski definition) is 1. The number of hydrogen-bond acceptors (Lipinski definition) is 4. The molecule has 1 saturated heterocycles. The van der Waals surface area contributed by atoms with E-state index >= 15 is 0 Å². The standard InChI is InChI=1S/C23H31N3O3S.HI/c1-3-19(18-30(27,28)22-12-8-5-9-13-22)25-23(24-2)26-16-14-21(15-17-26)29-20-10-6-4-7-11-20;/h4-13,19,21H,3,14-18H2,1-2H3,(H,24,25);1H. The Kier molecular flexibility index (Phi) is 10.1. The molecule has 0 radical (unpaired) electrons. The maximum atomic E-state index is 12.8. The lowest BCUT2D eigenvalue weighted by molar-refractivity contribution is 0.129. The highest BCUT2D eigenvalue weighted by molar-refractivity contribution is 14.0. The van der Waals surface area contributed by atoms with Crippen LogP contribution in [0.1, 0.15) is 26.2 Å². The van der Waals surface area contributed by atoms with Gasteiger partial charge in [-0.2, -0.15) is 0 Å². The average Bonchev–Trinajstić information content (AvgIpc) is 2.78. The highest BCUT2D eigenvalue weighted by Gasteiger charge is 2.26. The summed E-state index contributed by atoms with van der Waals surface area (Å²) in [5.74, 6) is 1.69. The number of rotatable bonds is 7. The summed E-state index contributed by atoms with van der Waals surface area (Å²) in [5, 5.41) is 3.37. The largest absolute Gasteiger partial charge is 0.490 e. The number of guanidine groups is 1. The van der Waals surface area contributed by atoms with E-state index in [2.05, 4.69) is 15.2 Å². The summed E-state index contributed by atoms with van der Waals surface area (Å²) in [4.78, 5) is 6.95. The zero-order valence-electron chi connectivity index (χ0n) is 18.1. The molecule has 2 aromatic rings. The van der Waals surface area contributed by atoms with Gasteiger partial charge in [-0.05, 0) is 30.7 Å². The maximum Gasteiger partial charge on any atom is 0.193 e. The SMILES string of the molecule is CCC(CS(=O)(=O)c1ccccc1)NC(=NC)N1CCC(Oc2ccccc2)CC1.I. The summed E-state index contributed by atoms with van der Waals surface area (Å²) in [6.07, 6.45) is 2.67. The van der Waals surface area contributed by atoms with Gasteiger partial charge in [-0.1, -0.05) is 43.3 Å². The quantitative estimate of drug-likeness (QED) is 0.317. The highest BCUT2D eigenvalue weighted by Crippen LogP contribution is 2.19. The van der Waals surface area contributed by atoms with E-state index < -0.39 is 9.84 Å². The van der Waals surface area contributed by atoms with E-state index in [4.69, 9.17) is 4.74 Å². The topological polar surface area (TPSA) is 71.0 Å². The van der Waals surface area contributed by atoms with Gasteiger partial charge in [-0.25, -0.2) is 8.42 Å². The van der Waals surface area contributed by atoms with Crippen molar-refractivity contribution in [2.45, 2.75) is 43.2 Å². The van der Waals surface area contributed by atoms with Crippen LogP contribution in [0.25, 0.3) is 0 Å². The minimum Gasteiger partial charge on any atom is -0.490 e. The molecule has 8 heteroatoms. The molecule has 1 N–H and O–H groups in total. The predicted octanol–water partition coefficient (Wildman–Crippen LogP) is 3.98. The Balaban J connectivity index is 0.00000341. The molecule has 0 bridgehead atoms. The number of likely N-dealkylation sites (tertiary alicyclic amines) is 1. The van der Waals surface area contributed by atoms with Crippen LogP contribution in [0.15, 0.2) is 70.6 Å². The second kappa shape index (κ2) is 12.3. The van der Waals surface area contributed by atoms with Crippen LogP contribution in [-0.4, -0.2) is 57.3 Å². The third kappa shape index (κ3) is 7.38. The van der Waals surface area contributed by atoms with Crippen molar-refractivity contribution in [3.63, 3.8) is 0 Å². The van der Waals surface area contributed by atoms with E-state index in [-0.39, 0.29) is 41.9 Å². The van der Waals surface area contributed by atoms with Crippen LogP contribution in [0.5, 0.6) is 5.75 Å². The first kappa shape index (κ1) is 25.5. The summed E-state index contributed by atoms with van der Waals surface area (Å²) in [7, 11) is -1.61. The molecule has 6 nitrogen and oxygen atoms in total. The highest BCUT2D eigenvalue weighted by atomic mass is 127. The molecule has 1 fully saturated rings. The maximum absolute atomic E-state index is 12.8.